The van der Waals surface area contributed by atoms with Gasteiger partial charge in [-0.05, 0) is 60.2 Å². The van der Waals surface area contributed by atoms with Gasteiger partial charge < -0.3 is 19.9 Å². The van der Waals surface area contributed by atoms with Crippen LogP contribution in [0.15, 0.2) is 71.2 Å². The second kappa shape index (κ2) is 12.3. The maximum absolute atomic E-state index is 12.7. The van der Waals surface area contributed by atoms with Crippen LogP contribution in [0.4, 0.5) is 23.7 Å². The molecule has 2 amide bonds. The number of alkyl halides is 3. The average molecular weight is 581 g/mol. The number of aliphatic carboxylic acids is 1. The first-order valence-corrected chi connectivity index (χ1v) is 11.5. The van der Waals surface area contributed by atoms with Gasteiger partial charge in [-0.25, -0.2) is 4.79 Å². The lowest BCUT2D eigenvalue weighted by Gasteiger charge is -2.14. The van der Waals surface area contributed by atoms with E-state index in [1.54, 1.807) is 24.3 Å². The molecule has 0 fully saturated rings. The predicted molar refractivity (Wildman–Crippen MR) is 131 cm³/mol. The Morgan fingerprint density at radius 1 is 0.946 bits per heavy atom. The van der Waals surface area contributed by atoms with Gasteiger partial charge in [0.25, 0.3) is 5.91 Å². The lowest BCUT2D eigenvalue weighted by atomic mass is 10.0. The van der Waals surface area contributed by atoms with Crippen molar-refractivity contribution < 1.29 is 42.1 Å². The van der Waals surface area contributed by atoms with Crippen molar-refractivity contribution in [3.63, 3.8) is 0 Å². The topological polar surface area (TPSA) is 114 Å². The van der Waals surface area contributed by atoms with Crippen molar-refractivity contribution in [1.82, 2.24) is 5.32 Å². The summed E-state index contributed by atoms with van der Waals surface area (Å²) in [4.78, 5) is 35.0. The summed E-state index contributed by atoms with van der Waals surface area (Å²) in [6, 6.07) is 16.2. The SMILES string of the molecule is O=C(O)CCNC(=O)c1ccc(NC(=O)Oc2ccc(OC(F)(F)F)cc2Cc2ccc(Br)cc2)cc1. The van der Waals surface area contributed by atoms with E-state index in [1.165, 1.54) is 30.3 Å². The third kappa shape index (κ3) is 9.15. The summed E-state index contributed by atoms with van der Waals surface area (Å²) in [5, 5.41) is 13.6. The Labute approximate surface area is 217 Å². The van der Waals surface area contributed by atoms with Crippen LogP contribution in [0.25, 0.3) is 0 Å². The molecule has 0 saturated carbocycles. The van der Waals surface area contributed by atoms with E-state index in [4.69, 9.17) is 9.84 Å². The normalized spacial score (nSPS) is 10.9. The first-order chi connectivity index (χ1) is 17.5. The summed E-state index contributed by atoms with van der Waals surface area (Å²) >= 11 is 3.32. The number of carbonyl (C=O) groups excluding carboxylic acids is 2. The number of rotatable bonds is 9. The van der Waals surface area contributed by atoms with E-state index in [1.807, 2.05) is 0 Å². The molecule has 0 bridgehead atoms. The summed E-state index contributed by atoms with van der Waals surface area (Å²) in [5.74, 6) is -1.94. The molecular weight excluding hydrogens is 561 g/mol. The van der Waals surface area contributed by atoms with Crippen molar-refractivity contribution in [1.29, 1.82) is 0 Å². The minimum atomic E-state index is -4.88. The van der Waals surface area contributed by atoms with E-state index in [0.717, 1.165) is 22.2 Å². The summed E-state index contributed by atoms with van der Waals surface area (Å²) in [6.07, 6.45) is -5.84. The highest BCUT2D eigenvalue weighted by Crippen LogP contribution is 2.30. The molecule has 0 radical (unpaired) electrons. The van der Waals surface area contributed by atoms with Crippen LogP contribution in [0.5, 0.6) is 11.5 Å². The number of hydrogen-bond acceptors (Lipinski definition) is 5. The fourth-order valence-corrected chi connectivity index (χ4v) is 3.41. The Hall–Kier alpha value is -4.06. The summed E-state index contributed by atoms with van der Waals surface area (Å²) in [5.41, 5.74) is 1.59. The number of amides is 2. The van der Waals surface area contributed by atoms with Gasteiger partial charge >= 0.3 is 18.4 Å². The molecule has 0 spiro atoms. The monoisotopic (exact) mass is 580 g/mol. The summed E-state index contributed by atoms with van der Waals surface area (Å²) in [6.45, 7) is -0.0319. The van der Waals surface area contributed by atoms with E-state index < -0.39 is 30.1 Å². The molecule has 8 nitrogen and oxygen atoms in total. The molecule has 0 aromatic heterocycles. The highest BCUT2D eigenvalue weighted by molar-refractivity contribution is 9.10. The average Bonchev–Trinajstić information content (AvgIpc) is 2.81. The fraction of sp³-hybridized carbons (Fsp3) is 0.160. The van der Waals surface area contributed by atoms with E-state index >= 15 is 0 Å². The van der Waals surface area contributed by atoms with E-state index in [9.17, 15) is 27.6 Å². The van der Waals surface area contributed by atoms with Crippen LogP contribution in [-0.4, -0.2) is 36.0 Å². The van der Waals surface area contributed by atoms with Crippen LogP contribution in [0.2, 0.25) is 0 Å². The Morgan fingerprint density at radius 2 is 1.62 bits per heavy atom. The Bertz CT molecular complexity index is 1260. The molecule has 194 valence electrons. The lowest BCUT2D eigenvalue weighted by Crippen LogP contribution is -2.26. The summed E-state index contributed by atoms with van der Waals surface area (Å²) in [7, 11) is 0. The van der Waals surface area contributed by atoms with E-state index in [2.05, 4.69) is 31.3 Å². The van der Waals surface area contributed by atoms with Crippen molar-refractivity contribution in [2.45, 2.75) is 19.2 Å². The number of carboxylic acids is 1. The van der Waals surface area contributed by atoms with Crippen LogP contribution in [0.1, 0.15) is 27.9 Å². The number of hydrogen-bond donors (Lipinski definition) is 3. The minimum absolute atomic E-state index is 0.0318. The number of nitrogens with one attached hydrogen (secondary N) is 2. The second-order valence-electron chi connectivity index (χ2n) is 7.61. The number of carbonyl (C=O) groups is 3. The molecule has 3 aromatic rings. The third-order valence-electron chi connectivity index (χ3n) is 4.79. The Balaban J connectivity index is 1.70. The predicted octanol–water partition coefficient (Wildman–Crippen LogP) is 5.75. The number of ether oxygens (including phenoxy) is 2. The van der Waals surface area contributed by atoms with Crippen LogP contribution in [-0.2, 0) is 11.2 Å². The van der Waals surface area contributed by atoms with Gasteiger partial charge in [0.15, 0.2) is 0 Å². The molecule has 0 unspecified atom stereocenters. The van der Waals surface area contributed by atoms with Crippen molar-refractivity contribution in [3.8, 4) is 11.5 Å². The molecule has 12 heteroatoms. The minimum Gasteiger partial charge on any atom is -0.481 e. The Kier molecular flexibility index (Phi) is 9.12. The molecule has 0 heterocycles. The zero-order valence-electron chi connectivity index (χ0n) is 19.0. The van der Waals surface area contributed by atoms with Gasteiger partial charge in [0.1, 0.15) is 11.5 Å². The van der Waals surface area contributed by atoms with Crippen molar-refractivity contribution in [2.24, 2.45) is 0 Å². The van der Waals surface area contributed by atoms with Gasteiger partial charge in [0.2, 0.25) is 0 Å². The number of anilines is 1. The second-order valence-corrected chi connectivity index (χ2v) is 8.53. The van der Waals surface area contributed by atoms with Gasteiger partial charge in [-0.15, -0.1) is 13.2 Å². The fourth-order valence-electron chi connectivity index (χ4n) is 3.15. The van der Waals surface area contributed by atoms with Gasteiger partial charge in [0, 0.05) is 34.3 Å². The lowest BCUT2D eigenvalue weighted by molar-refractivity contribution is -0.274. The number of carboxylic acid groups (broad SMARTS) is 1. The zero-order valence-corrected chi connectivity index (χ0v) is 20.6. The molecule has 0 aliphatic heterocycles. The molecular formula is C25H20BrF3N2O6. The van der Waals surface area contributed by atoms with Gasteiger partial charge in [-0.2, -0.15) is 0 Å². The number of halogens is 4. The molecule has 0 saturated heterocycles. The highest BCUT2D eigenvalue weighted by atomic mass is 79.9. The van der Waals surface area contributed by atoms with Crippen LogP contribution < -0.4 is 20.1 Å². The first-order valence-electron chi connectivity index (χ1n) is 10.7. The van der Waals surface area contributed by atoms with Crippen molar-refractivity contribution in [3.05, 3.63) is 87.9 Å². The van der Waals surface area contributed by atoms with Crippen LogP contribution >= 0.6 is 15.9 Å². The van der Waals surface area contributed by atoms with Gasteiger partial charge in [-0.3, -0.25) is 14.9 Å². The van der Waals surface area contributed by atoms with Crippen LogP contribution in [0, 0.1) is 0 Å². The highest BCUT2D eigenvalue weighted by Gasteiger charge is 2.31. The molecule has 0 atom stereocenters. The molecule has 37 heavy (non-hydrogen) atoms. The van der Waals surface area contributed by atoms with E-state index in [-0.39, 0.29) is 36.3 Å². The van der Waals surface area contributed by atoms with Gasteiger partial charge in [-0.1, -0.05) is 28.1 Å². The molecule has 3 N–H and O–H groups in total. The van der Waals surface area contributed by atoms with Crippen LogP contribution in [0.3, 0.4) is 0 Å². The standard InChI is InChI=1S/C25H20BrF3N2O6/c26-18-5-1-15(2-6-18)13-17-14-20(37-25(27,28)29)9-10-21(17)36-24(35)31-19-7-3-16(4-8-19)23(34)30-12-11-22(32)33/h1-10,14H,11-13H2,(H,30,34)(H,31,35)(H,32,33). The number of benzene rings is 3. The maximum atomic E-state index is 12.7. The Morgan fingerprint density at radius 3 is 2.24 bits per heavy atom. The van der Waals surface area contributed by atoms with Gasteiger partial charge in [0.05, 0.1) is 6.42 Å². The van der Waals surface area contributed by atoms with Crippen molar-refractivity contribution >= 4 is 39.6 Å². The quantitative estimate of drug-likeness (QED) is 0.297. The molecule has 0 aliphatic carbocycles. The molecule has 3 aromatic carbocycles. The van der Waals surface area contributed by atoms with E-state index in [0.29, 0.717) is 5.69 Å². The zero-order chi connectivity index (χ0) is 27.0. The smallest absolute Gasteiger partial charge is 0.481 e. The summed E-state index contributed by atoms with van der Waals surface area (Å²) < 4.78 is 48.3. The molecule has 3 rings (SSSR count). The van der Waals surface area contributed by atoms with Crippen molar-refractivity contribution in [2.75, 3.05) is 11.9 Å². The third-order valence-corrected chi connectivity index (χ3v) is 5.32. The largest absolute Gasteiger partial charge is 0.573 e. The first kappa shape index (κ1) is 27.5. The maximum Gasteiger partial charge on any atom is 0.573 e. The molecule has 0 aliphatic rings.